The molecule has 0 aromatic carbocycles. The molecule has 0 saturated carbocycles. The van der Waals surface area contributed by atoms with E-state index in [2.05, 4.69) is 17.1 Å². The number of thioether (sulfide) groups is 1. The summed E-state index contributed by atoms with van der Waals surface area (Å²) in [6, 6.07) is 0. The predicted molar refractivity (Wildman–Crippen MR) is 57.0 cm³/mol. The Morgan fingerprint density at radius 1 is 1.38 bits per heavy atom. The topological polar surface area (TPSA) is 21.3 Å². The molecule has 2 aliphatic rings. The van der Waals surface area contributed by atoms with Gasteiger partial charge in [0, 0.05) is 6.61 Å². The van der Waals surface area contributed by atoms with Crippen LogP contribution < -0.4 is 5.32 Å². The monoisotopic (exact) mass is 201 g/mol. The second-order valence-electron chi connectivity index (χ2n) is 3.99. The van der Waals surface area contributed by atoms with Gasteiger partial charge in [-0.3, -0.25) is 5.32 Å². The molecular formula is C10H19NOS. The Hall–Kier alpha value is 0.270. The fourth-order valence-corrected chi connectivity index (χ4v) is 3.24. The van der Waals surface area contributed by atoms with Crippen LogP contribution in [0.1, 0.15) is 25.7 Å². The molecule has 2 unspecified atom stereocenters. The van der Waals surface area contributed by atoms with Gasteiger partial charge in [0.15, 0.2) is 0 Å². The van der Waals surface area contributed by atoms with Crippen molar-refractivity contribution in [3.63, 3.8) is 0 Å². The van der Waals surface area contributed by atoms with Crippen LogP contribution in [-0.4, -0.2) is 30.9 Å². The molecule has 76 valence electrons. The minimum atomic E-state index is 0.359. The third-order valence-electron chi connectivity index (χ3n) is 2.81. The van der Waals surface area contributed by atoms with Gasteiger partial charge in [-0.25, -0.2) is 0 Å². The molecule has 2 heterocycles. The summed E-state index contributed by atoms with van der Waals surface area (Å²) in [6.45, 7) is 2.10. The van der Waals surface area contributed by atoms with E-state index < -0.39 is 0 Å². The molecule has 2 aliphatic heterocycles. The van der Waals surface area contributed by atoms with Gasteiger partial charge in [0.2, 0.25) is 0 Å². The van der Waals surface area contributed by atoms with Gasteiger partial charge in [0.05, 0.1) is 0 Å². The van der Waals surface area contributed by atoms with E-state index in [0.29, 0.717) is 6.23 Å². The summed E-state index contributed by atoms with van der Waals surface area (Å²) in [5, 5.41) is 3.43. The van der Waals surface area contributed by atoms with Crippen LogP contribution in [0.3, 0.4) is 0 Å². The van der Waals surface area contributed by atoms with Gasteiger partial charge in [-0.1, -0.05) is 0 Å². The number of nitrogens with one attached hydrogen (secondary N) is 1. The van der Waals surface area contributed by atoms with E-state index in [4.69, 9.17) is 4.74 Å². The molecule has 0 aromatic rings. The Balaban J connectivity index is 1.69. The first-order valence-electron chi connectivity index (χ1n) is 5.38. The highest BCUT2D eigenvalue weighted by molar-refractivity contribution is 7.99. The molecule has 0 aromatic heterocycles. The molecule has 2 nitrogen and oxygen atoms in total. The molecule has 0 radical (unpaired) electrons. The Bertz CT molecular complexity index is 126. The lowest BCUT2D eigenvalue weighted by molar-refractivity contribution is -0.0123. The number of hydrogen-bond acceptors (Lipinski definition) is 3. The van der Waals surface area contributed by atoms with Crippen LogP contribution in [0, 0.1) is 5.92 Å². The lowest BCUT2D eigenvalue weighted by Crippen LogP contribution is -2.40. The lowest BCUT2D eigenvalue weighted by atomic mass is 10.0. The molecule has 2 saturated heterocycles. The predicted octanol–water partition coefficient (Wildman–Crippen LogP) is 1.86. The Labute approximate surface area is 84.8 Å². The van der Waals surface area contributed by atoms with Crippen molar-refractivity contribution >= 4 is 11.8 Å². The highest BCUT2D eigenvalue weighted by atomic mass is 32.2. The van der Waals surface area contributed by atoms with Crippen molar-refractivity contribution in [3.8, 4) is 0 Å². The number of rotatable bonds is 2. The first kappa shape index (κ1) is 9.81. The quantitative estimate of drug-likeness (QED) is 0.737. The van der Waals surface area contributed by atoms with E-state index in [1.54, 1.807) is 0 Å². The van der Waals surface area contributed by atoms with Gasteiger partial charge in [0.1, 0.15) is 6.23 Å². The summed E-state index contributed by atoms with van der Waals surface area (Å²) in [5.41, 5.74) is 0. The Morgan fingerprint density at radius 3 is 3.08 bits per heavy atom. The Morgan fingerprint density at radius 2 is 2.38 bits per heavy atom. The molecular weight excluding hydrogens is 182 g/mol. The smallest absolute Gasteiger partial charge is 0.108 e. The summed E-state index contributed by atoms with van der Waals surface area (Å²) >= 11 is 2.11. The first-order chi connectivity index (χ1) is 6.45. The average molecular weight is 201 g/mol. The van der Waals surface area contributed by atoms with Gasteiger partial charge in [0.25, 0.3) is 0 Å². The van der Waals surface area contributed by atoms with E-state index in [1.807, 2.05) is 0 Å². The van der Waals surface area contributed by atoms with Crippen LogP contribution in [0.4, 0.5) is 0 Å². The van der Waals surface area contributed by atoms with Crippen molar-refractivity contribution in [2.45, 2.75) is 31.9 Å². The zero-order valence-corrected chi connectivity index (χ0v) is 8.94. The van der Waals surface area contributed by atoms with E-state index in [1.165, 1.54) is 37.2 Å². The molecule has 2 atom stereocenters. The second kappa shape index (κ2) is 5.23. The first-order valence-corrected chi connectivity index (χ1v) is 6.53. The van der Waals surface area contributed by atoms with Gasteiger partial charge >= 0.3 is 0 Å². The van der Waals surface area contributed by atoms with Crippen LogP contribution in [-0.2, 0) is 4.74 Å². The lowest BCUT2D eigenvalue weighted by Gasteiger charge is -2.29. The van der Waals surface area contributed by atoms with Crippen LogP contribution in [0.5, 0.6) is 0 Å². The largest absolute Gasteiger partial charge is 0.363 e. The number of hydrogen-bond donors (Lipinski definition) is 1. The molecule has 13 heavy (non-hydrogen) atoms. The van der Waals surface area contributed by atoms with Gasteiger partial charge in [-0.05, 0) is 49.7 Å². The summed E-state index contributed by atoms with van der Waals surface area (Å²) in [4.78, 5) is 0. The third-order valence-corrected chi connectivity index (χ3v) is 4.10. The van der Waals surface area contributed by atoms with Crippen LogP contribution in [0.15, 0.2) is 0 Å². The van der Waals surface area contributed by atoms with Crippen LogP contribution in [0.2, 0.25) is 0 Å². The van der Waals surface area contributed by atoms with Crippen molar-refractivity contribution in [2.24, 2.45) is 5.92 Å². The van der Waals surface area contributed by atoms with Crippen LogP contribution in [0.25, 0.3) is 0 Å². The van der Waals surface area contributed by atoms with Crippen molar-refractivity contribution in [2.75, 3.05) is 24.7 Å². The maximum atomic E-state index is 5.66. The second-order valence-corrected chi connectivity index (χ2v) is 5.14. The third kappa shape index (κ3) is 3.15. The zero-order valence-electron chi connectivity index (χ0n) is 8.13. The van der Waals surface area contributed by atoms with Crippen molar-refractivity contribution < 1.29 is 4.74 Å². The van der Waals surface area contributed by atoms with Gasteiger partial charge in [-0.2, -0.15) is 11.8 Å². The summed E-state index contributed by atoms with van der Waals surface area (Å²) in [7, 11) is 0. The zero-order chi connectivity index (χ0) is 8.93. The summed E-state index contributed by atoms with van der Waals surface area (Å²) in [6.07, 6.45) is 5.58. The number of ether oxygens (including phenoxy) is 1. The molecule has 0 bridgehead atoms. The molecule has 0 spiro atoms. The molecule has 2 rings (SSSR count). The summed E-state index contributed by atoms with van der Waals surface area (Å²) in [5.74, 6) is 3.62. The van der Waals surface area contributed by atoms with Gasteiger partial charge in [-0.15, -0.1) is 0 Å². The van der Waals surface area contributed by atoms with E-state index >= 15 is 0 Å². The molecule has 0 amide bonds. The fraction of sp³-hybridized carbons (Fsp3) is 1.00. The van der Waals surface area contributed by atoms with Crippen LogP contribution >= 0.6 is 11.8 Å². The highest BCUT2D eigenvalue weighted by Crippen LogP contribution is 2.26. The average Bonchev–Trinajstić information content (AvgIpc) is 2.21. The SMILES string of the molecule is C1CNC(CC2CCCSC2)OC1. The minimum absolute atomic E-state index is 0.359. The van der Waals surface area contributed by atoms with Crippen molar-refractivity contribution in [1.29, 1.82) is 0 Å². The fourth-order valence-electron chi connectivity index (χ4n) is 2.07. The van der Waals surface area contributed by atoms with Gasteiger partial charge < -0.3 is 4.74 Å². The molecule has 0 aliphatic carbocycles. The highest BCUT2D eigenvalue weighted by Gasteiger charge is 2.20. The van der Waals surface area contributed by atoms with Crippen molar-refractivity contribution in [3.05, 3.63) is 0 Å². The standard InChI is InChI=1S/C10H19NOS/c1-3-9(8-13-6-1)7-10-11-4-2-5-12-10/h9-11H,1-8H2. The van der Waals surface area contributed by atoms with E-state index in [0.717, 1.165) is 19.1 Å². The molecule has 1 N–H and O–H groups in total. The van der Waals surface area contributed by atoms with E-state index in [-0.39, 0.29) is 0 Å². The Kier molecular flexibility index (Phi) is 3.94. The maximum Gasteiger partial charge on any atom is 0.108 e. The van der Waals surface area contributed by atoms with E-state index in [9.17, 15) is 0 Å². The maximum absolute atomic E-state index is 5.66. The molecule has 3 heteroatoms. The minimum Gasteiger partial charge on any atom is -0.363 e. The van der Waals surface area contributed by atoms with Crippen molar-refractivity contribution in [1.82, 2.24) is 5.32 Å². The normalized spacial score (nSPS) is 36.0. The summed E-state index contributed by atoms with van der Waals surface area (Å²) < 4.78 is 5.66. The molecule has 2 fully saturated rings.